The molecule has 0 aliphatic rings. The first-order chi connectivity index (χ1) is 8.52. The third kappa shape index (κ3) is 3.26. The monoisotopic (exact) mass is 249 g/mol. The second kappa shape index (κ2) is 6.79. The normalized spacial score (nSPS) is 12.6. The zero-order valence-corrected chi connectivity index (χ0v) is 12.5. The largest absolute Gasteiger partial charge is 0.494 e. The van der Waals surface area contributed by atoms with E-state index >= 15 is 0 Å². The third-order valence-corrected chi connectivity index (χ3v) is 3.74. The third-order valence-electron chi connectivity index (χ3n) is 3.74. The van der Waals surface area contributed by atoms with Gasteiger partial charge in [-0.1, -0.05) is 6.92 Å². The van der Waals surface area contributed by atoms with Crippen LogP contribution in [0.4, 0.5) is 0 Å². The van der Waals surface area contributed by atoms with Crippen LogP contribution in [-0.4, -0.2) is 13.2 Å². The lowest BCUT2D eigenvalue weighted by Crippen LogP contribution is -2.07. The summed E-state index contributed by atoms with van der Waals surface area (Å²) in [6.45, 7) is 12.4. The molecule has 18 heavy (non-hydrogen) atoms. The van der Waals surface area contributed by atoms with E-state index < -0.39 is 0 Å². The standard InChI is InChI=1S/C16H27NO/c1-6-18-15-10-12(3)16(14(5)13(15)4)11(2)8-7-9-17/h10-11H,6-9,17H2,1-5H3. The van der Waals surface area contributed by atoms with Gasteiger partial charge in [0.2, 0.25) is 0 Å². The van der Waals surface area contributed by atoms with Gasteiger partial charge in [0.1, 0.15) is 5.75 Å². The molecule has 2 nitrogen and oxygen atoms in total. The molecule has 0 spiro atoms. The Morgan fingerprint density at radius 2 is 1.89 bits per heavy atom. The summed E-state index contributed by atoms with van der Waals surface area (Å²) >= 11 is 0. The summed E-state index contributed by atoms with van der Waals surface area (Å²) in [6, 6.07) is 2.18. The molecule has 102 valence electrons. The topological polar surface area (TPSA) is 35.2 Å². The molecule has 1 rings (SSSR count). The summed E-state index contributed by atoms with van der Waals surface area (Å²) in [6.07, 6.45) is 2.25. The Hall–Kier alpha value is -1.02. The van der Waals surface area contributed by atoms with E-state index in [1.54, 1.807) is 0 Å². The van der Waals surface area contributed by atoms with Crippen LogP contribution in [0, 0.1) is 20.8 Å². The minimum atomic E-state index is 0.572. The van der Waals surface area contributed by atoms with E-state index in [1.807, 2.05) is 6.92 Å². The van der Waals surface area contributed by atoms with Crippen molar-refractivity contribution in [3.8, 4) is 5.75 Å². The first-order valence-corrected chi connectivity index (χ1v) is 6.96. The number of aryl methyl sites for hydroxylation is 1. The van der Waals surface area contributed by atoms with Crippen molar-refractivity contribution < 1.29 is 4.74 Å². The van der Waals surface area contributed by atoms with Gasteiger partial charge in [-0.2, -0.15) is 0 Å². The average molecular weight is 249 g/mol. The summed E-state index contributed by atoms with van der Waals surface area (Å²) in [5.74, 6) is 1.60. The summed E-state index contributed by atoms with van der Waals surface area (Å²) in [5.41, 5.74) is 11.1. The number of nitrogens with two attached hydrogens (primary N) is 1. The molecule has 0 aliphatic carbocycles. The van der Waals surface area contributed by atoms with Crippen LogP contribution < -0.4 is 10.5 Å². The Labute approximate surface area is 112 Å². The summed E-state index contributed by atoms with van der Waals surface area (Å²) in [7, 11) is 0. The van der Waals surface area contributed by atoms with E-state index in [2.05, 4.69) is 33.8 Å². The van der Waals surface area contributed by atoms with Crippen LogP contribution in [0.1, 0.15) is 54.9 Å². The van der Waals surface area contributed by atoms with Crippen molar-refractivity contribution in [1.82, 2.24) is 0 Å². The van der Waals surface area contributed by atoms with Crippen molar-refractivity contribution in [3.05, 3.63) is 28.3 Å². The van der Waals surface area contributed by atoms with Gasteiger partial charge in [-0.05, 0) is 81.3 Å². The van der Waals surface area contributed by atoms with Gasteiger partial charge in [0.15, 0.2) is 0 Å². The van der Waals surface area contributed by atoms with Crippen molar-refractivity contribution in [3.63, 3.8) is 0 Å². The Kier molecular flexibility index (Phi) is 5.67. The van der Waals surface area contributed by atoms with Crippen LogP contribution >= 0.6 is 0 Å². The molecule has 2 N–H and O–H groups in total. The van der Waals surface area contributed by atoms with E-state index in [4.69, 9.17) is 10.5 Å². The van der Waals surface area contributed by atoms with Crippen molar-refractivity contribution in [2.75, 3.05) is 13.2 Å². The fourth-order valence-corrected chi connectivity index (χ4v) is 2.70. The average Bonchev–Trinajstić information content (AvgIpc) is 2.33. The zero-order chi connectivity index (χ0) is 13.7. The number of hydrogen-bond acceptors (Lipinski definition) is 2. The molecule has 1 atom stereocenters. The predicted molar refractivity (Wildman–Crippen MR) is 78.5 cm³/mol. The predicted octanol–water partition coefficient (Wildman–Crippen LogP) is 3.85. The molecular weight excluding hydrogens is 222 g/mol. The smallest absolute Gasteiger partial charge is 0.122 e. The van der Waals surface area contributed by atoms with Crippen LogP contribution in [0.2, 0.25) is 0 Å². The Morgan fingerprint density at radius 3 is 2.44 bits per heavy atom. The molecule has 1 unspecified atom stereocenters. The van der Waals surface area contributed by atoms with E-state index in [9.17, 15) is 0 Å². The van der Waals surface area contributed by atoms with Crippen LogP contribution in [0.15, 0.2) is 6.07 Å². The lowest BCUT2D eigenvalue weighted by molar-refractivity contribution is 0.337. The molecule has 1 aromatic rings. The molecule has 0 amide bonds. The highest BCUT2D eigenvalue weighted by Crippen LogP contribution is 2.34. The molecular formula is C16H27NO. The maximum Gasteiger partial charge on any atom is 0.122 e. The minimum Gasteiger partial charge on any atom is -0.494 e. The van der Waals surface area contributed by atoms with Gasteiger partial charge in [0, 0.05) is 0 Å². The molecule has 0 saturated carbocycles. The first kappa shape index (κ1) is 15.0. The van der Waals surface area contributed by atoms with Crippen molar-refractivity contribution in [1.29, 1.82) is 0 Å². The van der Waals surface area contributed by atoms with E-state index in [0.717, 1.165) is 31.7 Å². The highest BCUT2D eigenvalue weighted by molar-refractivity contribution is 5.49. The van der Waals surface area contributed by atoms with E-state index in [1.165, 1.54) is 22.3 Å². The molecule has 0 saturated heterocycles. The fraction of sp³-hybridized carbons (Fsp3) is 0.625. The molecule has 1 aromatic carbocycles. The van der Waals surface area contributed by atoms with Gasteiger partial charge in [-0.3, -0.25) is 0 Å². The highest BCUT2D eigenvalue weighted by Gasteiger charge is 2.15. The molecule has 0 aliphatic heterocycles. The van der Waals surface area contributed by atoms with Crippen LogP contribution in [0.3, 0.4) is 0 Å². The van der Waals surface area contributed by atoms with Crippen LogP contribution in [0.5, 0.6) is 5.75 Å². The molecule has 2 heteroatoms. The summed E-state index contributed by atoms with van der Waals surface area (Å²) in [5, 5.41) is 0. The second-order valence-electron chi connectivity index (χ2n) is 5.12. The van der Waals surface area contributed by atoms with E-state index in [0.29, 0.717) is 5.92 Å². The Bertz CT molecular complexity index is 399. The van der Waals surface area contributed by atoms with Crippen molar-refractivity contribution >= 4 is 0 Å². The fourth-order valence-electron chi connectivity index (χ4n) is 2.70. The number of benzene rings is 1. The van der Waals surface area contributed by atoms with Crippen molar-refractivity contribution in [2.45, 2.75) is 53.4 Å². The maximum atomic E-state index is 5.69. The molecule has 0 radical (unpaired) electrons. The summed E-state index contributed by atoms with van der Waals surface area (Å²) in [4.78, 5) is 0. The first-order valence-electron chi connectivity index (χ1n) is 6.96. The second-order valence-corrected chi connectivity index (χ2v) is 5.12. The lowest BCUT2D eigenvalue weighted by atomic mass is 9.86. The lowest BCUT2D eigenvalue weighted by Gasteiger charge is -2.21. The summed E-state index contributed by atoms with van der Waals surface area (Å²) < 4.78 is 5.69. The molecule has 0 aromatic heterocycles. The molecule has 0 fully saturated rings. The SMILES string of the molecule is CCOc1cc(C)c(C(C)CCCN)c(C)c1C. The van der Waals surface area contributed by atoms with Gasteiger partial charge in [0.05, 0.1) is 6.61 Å². The van der Waals surface area contributed by atoms with Crippen molar-refractivity contribution in [2.24, 2.45) is 5.73 Å². The van der Waals surface area contributed by atoms with E-state index in [-0.39, 0.29) is 0 Å². The van der Waals surface area contributed by atoms with Gasteiger partial charge in [-0.25, -0.2) is 0 Å². The van der Waals surface area contributed by atoms with Crippen LogP contribution in [0.25, 0.3) is 0 Å². The molecule has 0 heterocycles. The Balaban J connectivity index is 3.09. The molecule has 0 bridgehead atoms. The van der Waals surface area contributed by atoms with Gasteiger partial charge in [-0.15, -0.1) is 0 Å². The maximum absolute atomic E-state index is 5.69. The quantitative estimate of drug-likeness (QED) is 0.831. The number of rotatable bonds is 6. The van der Waals surface area contributed by atoms with Crippen LogP contribution in [-0.2, 0) is 0 Å². The zero-order valence-electron chi connectivity index (χ0n) is 12.5. The highest BCUT2D eigenvalue weighted by atomic mass is 16.5. The minimum absolute atomic E-state index is 0.572. The Morgan fingerprint density at radius 1 is 1.22 bits per heavy atom. The van der Waals surface area contributed by atoms with Gasteiger partial charge >= 0.3 is 0 Å². The van der Waals surface area contributed by atoms with Gasteiger partial charge < -0.3 is 10.5 Å². The number of hydrogen-bond donors (Lipinski definition) is 1. The van der Waals surface area contributed by atoms with Gasteiger partial charge in [0.25, 0.3) is 0 Å². The number of ether oxygens (including phenoxy) is 1.